The lowest BCUT2D eigenvalue weighted by atomic mass is 10.0. The van der Waals surface area contributed by atoms with Gasteiger partial charge in [0, 0.05) is 35.8 Å². The lowest BCUT2D eigenvalue weighted by Gasteiger charge is -2.17. The van der Waals surface area contributed by atoms with Gasteiger partial charge in [-0.2, -0.15) is 4.39 Å². The van der Waals surface area contributed by atoms with Crippen molar-refractivity contribution >= 4 is 28.2 Å². The fourth-order valence-electron chi connectivity index (χ4n) is 2.96. The molecule has 0 aliphatic rings. The van der Waals surface area contributed by atoms with Crippen LogP contribution in [0.15, 0.2) is 66.2 Å². The van der Waals surface area contributed by atoms with Gasteiger partial charge in [-0.15, -0.1) is 11.3 Å². The zero-order chi connectivity index (χ0) is 20.4. The summed E-state index contributed by atoms with van der Waals surface area (Å²) >= 11 is 1.38. The molecule has 0 aliphatic carbocycles. The van der Waals surface area contributed by atoms with E-state index < -0.39 is 5.95 Å². The zero-order valence-electron chi connectivity index (χ0n) is 15.8. The largest absolute Gasteiger partial charge is 0.274 e. The van der Waals surface area contributed by atoms with Crippen LogP contribution in [0, 0.1) is 12.9 Å². The van der Waals surface area contributed by atoms with E-state index in [9.17, 15) is 9.18 Å². The predicted octanol–water partition coefficient (Wildman–Crippen LogP) is 5.40. The van der Waals surface area contributed by atoms with Crippen molar-refractivity contribution in [2.45, 2.75) is 13.8 Å². The first-order chi connectivity index (χ1) is 14.0. The Morgan fingerprint density at radius 1 is 1.00 bits per heavy atom. The third-order valence-electron chi connectivity index (χ3n) is 4.34. The molecule has 0 aliphatic heterocycles. The summed E-state index contributed by atoms with van der Waals surface area (Å²) in [7, 11) is 0. The number of aromatic nitrogens is 3. The normalized spacial score (nSPS) is 10.7. The molecule has 1 amide bonds. The van der Waals surface area contributed by atoms with Crippen molar-refractivity contribution in [3.63, 3.8) is 0 Å². The molecule has 0 bridgehead atoms. The first-order valence-electron chi connectivity index (χ1n) is 8.93. The summed E-state index contributed by atoms with van der Waals surface area (Å²) in [4.78, 5) is 26.4. The summed E-state index contributed by atoms with van der Waals surface area (Å²) in [5, 5.41) is 2.47. The highest BCUT2D eigenvalue weighted by Gasteiger charge is 2.19. The Labute approximate surface area is 171 Å². The predicted molar refractivity (Wildman–Crippen MR) is 113 cm³/mol. The van der Waals surface area contributed by atoms with E-state index in [2.05, 4.69) is 15.0 Å². The highest BCUT2D eigenvalue weighted by atomic mass is 32.1. The molecular formula is C22H17FN4OS. The maximum Gasteiger partial charge on any atom is 0.231 e. The van der Waals surface area contributed by atoms with Crippen molar-refractivity contribution in [2.24, 2.45) is 0 Å². The van der Waals surface area contributed by atoms with Gasteiger partial charge in [-0.3, -0.25) is 4.79 Å². The summed E-state index contributed by atoms with van der Waals surface area (Å²) in [6, 6.07) is 16.4. The molecule has 4 rings (SSSR count). The van der Waals surface area contributed by atoms with E-state index >= 15 is 0 Å². The van der Waals surface area contributed by atoms with Gasteiger partial charge >= 0.3 is 0 Å². The Balaban J connectivity index is 1.63. The summed E-state index contributed by atoms with van der Waals surface area (Å²) in [6.07, 6.45) is 1.45. The zero-order valence-corrected chi connectivity index (χ0v) is 16.7. The van der Waals surface area contributed by atoms with Crippen molar-refractivity contribution in [3.8, 4) is 22.4 Å². The second kappa shape index (κ2) is 7.89. The number of aryl methyl sites for hydroxylation is 1. The smallest absolute Gasteiger partial charge is 0.231 e. The molecular weight excluding hydrogens is 387 g/mol. The van der Waals surface area contributed by atoms with Crippen molar-refractivity contribution in [1.82, 2.24) is 15.0 Å². The number of pyridine rings is 2. The second-order valence-electron chi connectivity index (χ2n) is 6.45. The van der Waals surface area contributed by atoms with Gasteiger partial charge < -0.3 is 0 Å². The first kappa shape index (κ1) is 18.9. The molecule has 1 aromatic carbocycles. The summed E-state index contributed by atoms with van der Waals surface area (Å²) in [5.41, 5.74) is 4.15. The topological polar surface area (TPSA) is 59.0 Å². The SMILES string of the molecule is CC(=O)N(c1cccc(C)n1)c1nc(-c2ccc(-c3ccnc(F)c3)cc2)cs1. The number of halogens is 1. The fourth-order valence-corrected chi connectivity index (χ4v) is 3.85. The van der Waals surface area contributed by atoms with E-state index in [0.29, 0.717) is 10.9 Å². The molecule has 0 radical (unpaired) electrons. The number of hydrogen-bond donors (Lipinski definition) is 0. The minimum atomic E-state index is -0.509. The van der Waals surface area contributed by atoms with Crippen LogP contribution in [0.5, 0.6) is 0 Å². The van der Waals surface area contributed by atoms with E-state index in [1.54, 1.807) is 12.1 Å². The van der Waals surface area contributed by atoms with Crippen molar-refractivity contribution < 1.29 is 9.18 Å². The maximum absolute atomic E-state index is 13.3. The van der Waals surface area contributed by atoms with E-state index in [0.717, 1.165) is 28.1 Å². The third kappa shape index (κ3) is 4.05. The molecule has 0 unspecified atom stereocenters. The van der Waals surface area contributed by atoms with Gasteiger partial charge in [0.15, 0.2) is 5.13 Å². The van der Waals surface area contributed by atoms with Gasteiger partial charge in [0.05, 0.1) is 5.69 Å². The summed E-state index contributed by atoms with van der Waals surface area (Å²) in [5.74, 6) is -0.114. The molecule has 5 nitrogen and oxygen atoms in total. The number of anilines is 2. The van der Waals surface area contributed by atoms with Gasteiger partial charge in [0.2, 0.25) is 11.9 Å². The number of thiazole rings is 1. The fraction of sp³-hybridized carbons (Fsp3) is 0.0909. The number of carbonyl (C=O) groups is 1. The van der Waals surface area contributed by atoms with Crippen LogP contribution >= 0.6 is 11.3 Å². The number of nitrogens with zero attached hydrogens (tertiary/aromatic N) is 4. The Kier molecular flexibility index (Phi) is 5.14. The Bertz CT molecular complexity index is 1170. The quantitative estimate of drug-likeness (QED) is 0.427. The van der Waals surface area contributed by atoms with Crippen molar-refractivity contribution in [1.29, 1.82) is 0 Å². The molecule has 0 saturated heterocycles. The molecule has 0 atom stereocenters. The minimum Gasteiger partial charge on any atom is -0.274 e. The lowest BCUT2D eigenvalue weighted by molar-refractivity contribution is -0.115. The van der Waals surface area contributed by atoms with E-state index in [-0.39, 0.29) is 5.91 Å². The minimum absolute atomic E-state index is 0.154. The molecule has 29 heavy (non-hydrogen) atoms. The summed E-state index contributed by atoms with van der Waals surface area (Å²) < 4.78 is 13.3. The number of benzene rings is 1. The van der Waals surface area contributed by atoms with E-state index in [4.69, 9.17) is 0 Å². The van der Waals surface area contributed by atoms with Gasteiger partial charge in [0.25, 0.3) is 0 Å². The van der Waals surface area contributed by atoms with Crippen LogP contribution in [-0.4, -0.2) is 20.9 Å². The average molecular weight is 404 g/mol. The number of hydrogen-bond acceptors (Lipinski definition) is 5. The molecule has 4 aromatic rings. The number of amides is 1. The molecule has 144 valence electrons. The van der Waals surface area contributed by atoms with Gasteiger partial charge in [-0.1, -0.05) is 30.3 Å². The van der Waals surface area contributed by atoms with E-state index in [1.807, 2.05) is 48.7 Å². The van der Waals surface area contributed by atoms with Crippen LogP contribution in [-0.2, 0) is 4.79 Å². The lowest BCUT2D eigenvalue weighted by Crippen LogP contribution is -2.23. The van der Waals surface area contributed by atoms with Crippen LogP contribution in [0.4, 0.5) is 15.3 Å². The molecule has 0 N–H and O–H groups in total. The maximum atomic E-state index is 13.3. The Morgan fingerprint density at radius 2 is 1.76 bits per heavy atom. The van der Waals surface area contributed by atoms with Gasteiger partial charge in [-0.25, -0.2) is 19.9 Å². The monoisotopic (exact) mass is 404 g/mol. The Morgan fingerprint density at radius 3 is 2.45 bits per heavy atom. The molecule has 3 heterocycles. The van der Waals surface area contributed by atoms with Gasteiger partial charge in [-0.05, 0) is 36.2 Å². The highest BCUT2D eigenvalue weighted by molar-refractivity contribution is 7.14. The van der Waals surface area contributed by atoms with Crippen LogP contribution in [0.1, 0.15) is 12.6 Å². The Hall–Kier alpha value is -3.45. The van der Waals surface area contributed by atoms with Crippen LogP contribution in [0.3, 0.4) is 0 Å². The highest BCUT2D eigenvalue weighted by Crippen LogP contribution is 2.32. The van der Waals surface area contributed by atoms with Crippen LogP contribution < -0.4 is 4.90 Å². The van der Waals surface area contributed by atoms with E-state index in [1.165, 1.54) is 35.4 Å². The molecule has 7 heteroatoms. The molecule has 3 aromatic heterocycles. The molecule has 0 spiro atoms. The third-order valence-corrected chi connectivity index (χ3v) is 5.17. The first-order valence-corrected chi connectivity index (χ1v) is 9.81. The second-order valence-corrected chi connectivity index (χ2v) is 7.29. The molecule has 0 fully saturated rings. The number of rotatable bonds is 4. The van der Waals surface area contributed by atoms with Gasteiger partial charge in [0.1, 0.15) is 5.82 Å². The van der Waals surface area contributed by atoms with Crippen molar-refractivity contribution in [3.05, 3.63) is 77.8 Å². The standard InChI is InChI=1S/C22H17FN4OS/c1-14-4-3-5-21(25-14)27(15(2)28)22-26-19(13-29-22)17-8-6-16(7-9-17)18-10-11-24-20(23)12-18/h3-13H,1-2H3. The summed E-state index contributed by atoms with van der Waals surface area (Å²) in [6.45, 7) is 3.37. The van der Waals surface area contributed by atoms with Crippen molar-refractivity contribution in [2.75, 3.05) is 4.90 Å². The van der Waals surface area contributed by atoms with Crippen LogP contribution in [0.25, 0.3) is 22.4 Å². The van der Waals surface area contributed by atoms with Crippen LogP contribution in [0.2, 0.25) is 0 Å². The number of carbonyl (C=O) groups excluding carboxylic acids is 1. The molecule has 0 saturated carbocycles. The average Bonchev–Trinajstić information content (AvgIpc) is 3.17.